The van der Waals surface area contributed by atoms with E-state index >= 15 is 0 Å². The average molecular weight is 261 g/mol. The minimum Gasteiger partial charge on any atom is -0.494 e. The minimum atomic E-state index is -0.118. The zero-order valence-electron chi connectivity index (χ0n) is 12.1. The van der Waals surface area contributed by atoms with Gasteiger partial charge >= 0.3 is 0 Å². The van der Waals surface area contributed by atoms with Crippen LogP contribution in [0.15, 0.2) is 41.0 Å². The Balaban J connectivity index is 2.93. The third-order valence-electron chi connectivity index (χ3n) is 2.56. The monoisotopic (exact) mass is 261 g/mol. The van der Waals surface area contributed by atoms with Crippen LogP contribution in [-0.2, 0) is 0 Å². The largest absolute Gasteiger partial charge is 0.494 e. The smallest absolute Gasteiger partial charge is 0.125 e. The van der Waals surface area contributed by atoms with Crippen molar-refractivity contribution in [3.8, 4) is 5.75 Å². The zero-order valence-corrected chi connectivity index (χ0v) is 12.1. The summed E-state index contributed by atoms with van der Waals surface area (Å²) in [6.07, 6.45) is 1.70. The summed E-state index contributed by atoms with van der Waals surface area (Å²) in [6.45, 7) is 8.65. The minimum absolute atomic E-state index is 0.118. The lowest BCUT2D eigenvalue weighted by molar-refractivity contribution is 0.340. The summed E-state index contributed by atoms with van der Waals surface area (Å²) in [4.78, 5) is 4.31. The van der Waals surface area contributed by atoms with Crippen LogP contribution in [0.2, 0.25) is 0 Å². The predicted octanol–water partition coefficient (Wildman–Crippen LogP) is 2.96. The maximum absolute atomic E-state index is 5.96. The van der Waals surface area contributed by atoms with Gasteiger partial charge in [-0.15, -0.1) is 0 Å². The molecular weight excluding hydrogens is 238 g/mol. The van der Waals surface area contributed by atoms with E-state index in [1.165, 1.54) is 0 Å². The molecule has 0 aromatic heterocycles. The van der Waals surface area contributed by atoms with E-state index in [-0.39, 0.29) is 5.41 Å². The molecule has 0 aliphatic rings. The lowest BCUT2D eigenvalue weighted by Crippen LogP contribution is -2.20. The van der Waals surface area contributed by atoms with Gasteiger partial charge in [0.25, 0.3) is 0 Å². The molecule has 4 nitrogen and oxygen atoms in total. The molecule has 0 radical (unpaired) electrons. The van der Waals surface area contributed by atoms with E-state index in [9.17, 15) is 0 Å². The third kappa shape index (κ3) is 5.04. The molecule has 1 aromatic rings. The van der Waals surface area contributed by atoms with Gasteiger partial charge in [0, 0.05) is 17.2 Å². The standard InChI is InChI=1S/C15H23N3O/c1-5-19-12-8-6-7-11(9-12)18-14(17)10-13(16)15(2,3)4/h6-10H,5,16H2,1-4H3,(H2,17,18)/b13-10-. The van der Waals surface area contributed by atoms with Crippen molar-refractivity contribution >= 4 is 11.5 Å². The molecule has 1 aromatic carbocycles. The summed E-state index contributed by atoms with van der Waals surface area (Å²) in [5.41, 5.74) is 13.2. The average Bonchev–Trinajstić information content (AvgIpc) is 2.28. The van der Waals surface area contributed by atoms with E-state index in [0.717, 1.165) is 11.4 Å². The predicted molar refractivity (Wildman–Crippen MR) is 80.6 cm³/mol. The Hall–Kier alpha value is -1.97. The molecule has 19 heavy (non-hydrogen) atoms. The first-order valence-corrected chi connectivity index (χ1v) is 6.37. The third-order valence-corrected chi connectivity index (χ3v) is 2.56. The zero-order chi connectivity index (χ0) is 14.5. The molecule has 0 amide bonds. The highest BCUT2D eigenvalue weighted by Crippen LogP contribution is 2.22. The van der Waals surface area contributed by atoms with Crippen molar-refractivity contribution in [2.75, 3.05) is 6.61 Å². The molecule has 0 bridgehead atoms. The summed E-state index contributed by atoms with van der Waals surface area (Å²) in [7, 11) is 0. The second-order valence-electron chi connectivity index (χ2n) is 5.32. The van der Waals surface area contributed by atoms with Crippen molar-refractivity contribution in [2.24, 2.45) is 21.9 Å². The molecular formula is C15H23N3O. The van der Waals surface area contributed by atoms with Gasteiger partial charge in [0.15, 0.2) is 0 Å². The van der Waals surface area contributed by atoms with E-state index in [2.05, 4.69) is 4.99 Å². The molecule has 0 saturated heterocycles. The van der Waals surface area contributed by atoms with E-state index < -0.39 is 0 Å². The molecule has 0 fully saturated rings. The normalized spacial score (nSPS) is 13.5. The number of amidine groups is 1. The van der Waals surface area contributed by atoms with Crippen molar-refractivity contribution in [1.29, 1.82) is 0 Å². The Morgan fingerprint density at radius 3 is 2.58 bits per heavy atom. The number of nitrogens with zero attached hydrogens (tertiary/aromatic N) is 1. The fourth-order valence-corrected chi connectivity index (χ4v) is 1.37. The van der Waals surface area contributed by atoms with Crippen LogP contribution in [0.1, 0.15) is 27.7 Å². The Morgan fingerprint density at radius 1 is 1.32 bits per heavy atom. The topological polar surface area (TPSA) is 73.6 Å². The maximum Gasteiger partial charge on any atom is 0.125 e. The van der Waals surface area contributed by atoms with Crippen molar-refractivity contribution in [3.05, 3.63) is 36.0 Å². The van der Waals surface area contributed by atoms with E-state index in [1.54, 1.807) is 6.08 Å². The van der Waals surface area contributed by atoms with Crippen LogP contribution in [0, 0.1) is 5.41 Å². The van der Waals surface area contributed by atoms with Crippen LogP contribution in [0.25, 0.3) is 0 Å². The molecule has 0 spiro atoms. The van der Waals surface area contributed by atoms with Crippen LogP contribution < -0.4 is 16.2 Å². The fourth-order valence-electron chi connectivity index (χ4n) is 1.37. The van der Waals surface area contributed by atoms with Gasteiger partial charge in [-0.25, -0.2) is 4.99 Å². The Bertz CT molecular complexity index is 484. The van der Waals surface area contributed by atoms with Gasteiger partial charge in [0.1, 0.15) is 11.6 Å². The van der Waals surface area contributed by atoms with Crippen molar-refractivity contribution in [3.63, 3.8) is 0 Å². The summed E-state index contributed by atoms with van der Waals surface area (Å²) in [5, 5.41) is 0. The van der Waals surface area contributed by atoms with Crippen LogP contribution in [0.5, 0.6) is 5.75 Å². The Kier molecular flexibility index (Phi) is 4.98. The highest BCUT2D eigenvalue weighted by Gasteiger charge is 2.13. The fraction of sp³-hybridized carbons (Fsp3) is 0.400. The van der Waals surface area contributed by atoms with Crippen LogP contribution in [0.3, 0.4) is 0 Å². The molecule has 0 heterocycles. The molecule has 104 valence electrons. The summed E-state index contributed by atoms with van der Waals surface area (Å²) in [5.74, 6) is 1.17. The van der Waals surface area contributed by atoms with Crippen molar-refractivity contribution < 1.29 is 4.74 Å². The van der Waals surface area contributed by atoms with Crippen molar-refractivity contribution in [2.45, 2.75) is 27.7 Å². The number of hydrogen-bond donors (Lipinski definition) is 2. The second-order valence-corrected chi connectivity index (χ2v) is 5.32. The summed E-state index contributed by atoms with van der Waals surface area (Å²) in [6, 6.07) is 7.49. The lowest BCUT2D eigenvalue weighted by atomic mass is 9.92. The number of nitrogens with two attached hydrogens (primary N) is 2. The van der Waals surface area contributed by atoms with Gasteiger partial charge in [-0.05, 0) is 25.1 Å². The second kappa shape index (κ2) is 6.27. The van der Waals surface area contributed by atoms with E-state index in [1.807, 2.05) is 52.0 Å². The van der Waals surface area contributed by atoms with Gasteiger partial charge in [-0.3, -0.25) is 0 Å². The molecule has 0 aliphatic carbocycles. The SMILES string of the molecule is CCOc1cccc(N=C(N)/C=C(\N)C(C)(C)C)c1. The molecule has 4 heteroatoms. The molecule has 4 N–H and O–H groups in total. The highest BCUT2D eigenvalue weighted by atomic mass is 16.5. The van der Waals surface area contributed by atoms with E-state index in [4.69, 9.17) is 16.2 Å². The van der Waals surface area contributed by atoms with Gasteiger partial charge < -0.3 is 16.2 Å². The number of benzene rings is 1. The molecule has 0 atom stereocenters. The maximum atomic E-state index is 5.96. The molecule has 0 unspecified atom stereocenters. The first-order chi connectivity index (χ1) is 8.82. The number of ether oxygens (including phenoxy) is 1. The quantitative estimate of drug-likeness (QED) is 0.646. The Labute approximate surface area is 115 Å². The summed E-state index contributed by atoms with van der Waals surface area (Å²) >= 11 is 0. The van der Waals surface area contributed by atoms with Gasteiger partial charge in [-0.1, -0.05) is 26.8 Å². The number of allylic oxidation sites excluding steroid dienone is 1. The molecule has 0 saturated carbocycles. The number of rotatable bonds is 4. The number of aliphatic imine (C=N–C) groups is 1. The summed E-state index contributed by atoms with van der Waals surface area (Å²) < 4.78 is 5.41. The van der Waals surface area contributed by atoms with E-state index in [0.29, 0.717) is 18.1 Å². The van der Waals surface area contributed by atoms with Gasteiger partial charge in [0.05, 0.1) is 12.3 Å². The van der Waals surface area contributed by atoms with Gasteiger partial charge in [-0.2, -0.15) is 0 Å². The Morgan fingerprint density at radius 2 is 2.00 bits per heavy atom. The number of hydrogen-bond acceptors (Lipinski definition) is 3. The van der Waals surface area contributed by atoms with Crippen LogP contribution in [0.4, 0.5) is 5.69 Å². The first kappa shape index (κ1) is 15.1. The highest BCUT2D eigenvalue weighted by molar-refractivity contribution is 5.94. The van der Waals surface area contributed by atoms with Crippen molar-refractivity contribution in [1.82, 2.24) is 0 Å². The van der Waals surface area contributed by atoms with Gasteiger partial charge in [0.2, 0.25) is 0 Å². The molecule has 0 aliphatic heterocycles. The van der Waals surface area contributed by atoms with Crippen LogP contribution in [-0.4, -0.2) is 12.4 Å². The van der Waals surface area contributed by atoms with Crippen LogP contribution >= 0.6 is 0 Å². The molecule has 1 rings (SSSR count). The first-order valence-electron chi connectivity index (χ1n) is 6.37. The lowest BCUT2D eigenvalue weighted by Gasteiger charge is -2.18.